The van der Waals surface area contributed by atoms with E-state index >= 15 is 0 Å². The Hall–Kier alpha value is -6.00. The van der Waals surface area contributed by atoms with Crippen molar-refractivity contribution in [3.63, 3.8) is 0 Å². The molecule has 0 atom stereocenters. The van der Waals surface area contributed by atoms with Crippen LogP contribution in [0.4, 0.5) is 0 Å². The molecule has 5 aliphatic rings. The second-order valence-electron chi connectivity index (χ2n) is 16.3. The molecule has 6 aromatic carbocycles. The molecule has 0 N–H and O–H groups in total. The Morgan fingerprint density at radius 3 is 1.81 bits per heavy atom. The van der Waals surface area contributed by atoms with E-state index < -0.39 is 0 Å². The zero-order valence-electron chi connectivity index (χ0n) is 30.0. The Bertz CT molecular complexity index is 2750. The smallest absolute Gasteiger partial charge is 0.164 e. The lowest BCUT2D eigenvalue weighted by Crippen LogP contribution is -2.55. The first-order chi connectivity index (χ1) is 26.7. The van der Waals surface area contributed by atoms with Crippen molar-refractivity contribution in [1.29, 1.82) is 0 Å². The molecule has 0 aliphatic heterocycles. The van der Waals surface area contributed by atoms with Crippen LogP contribution >= 0.6 is 0 Å². The molecule has 2 heterocycles. The van der Waals surface area contributed by atoms with Gasteiger partial charge in [-0.25, -0.2) is 15.0 Å². The van der Waals surface area contributed by atoms with Gasteiger partial charge in [0.2, 0.25) is 0 Å². The number of pyridine rings is 1. The van der Waals surface area contributed by atoms with Gasteiger partial charge in [-0.05, 0) is 119 Å². The first kappa shape index (κ1) is 30.5. The lowest BCUT2D eigenvalue weighted by atomic mass is 9.43. The van der Waals surface area contributed by atoms with Crippen LogP contribution in [0.25, 0.3) is 78.1 Å². The van der Waals surface area contributed by atoms with E-state index in [1.54, 1.807) is 11.1 Å². The molecule has 4 heteroatoms. The molecule has 54 heavy (non-hydrogen) atoms. The predicted octanol–water partition coefficient (Wildman–Crippen LogP) is 12.0. The Kier molecular flexibility index (Phi) is 6.49. The van der Waals surface area contributed by atoms with E-state index in [0.29, 0.717) is 17.5 Å². The molecule has 13 rings (SSSR count). The molecule has 4 nitrogen and oxygen atoms in total. The minimum absolute atomic E-state index is 0.166. The Morgan fingerprint density at radius 2 is 1.04 bits per heavy atom. The number of aromatic nitrogens is 4. The van der Waals surface area contributed by atoms with Crippen LogP contribution in [0.1, 0.15) is 43.2 Å². The largest absolute Gasteiger partial charge is 0.256 e. The van der Waals surface area contributed by atoms with E-state index in [0.717, 1.165) is 62.4 Å². The van der Waals surface area contributed by atoms with Crippen LogP contribution in [-0.2, 0) is 5.41 Å². The fourth-order valence-electron chi connectivity index (χ4n) is 11.5. The van der Waals surface area contributed by atoms with E-state index in [4.69, 9.17) is 15.0 Å². The summed E-state index contributed by atoms with van der Waals surface area (Å²) in [7, 11) is 0. The SMILES string of the molecule is c1ccc(-c2nc(-c3ccc(-c4cccc5cccnc45)cc3)nc(-c3ccc4cc5c(cc4c3)-c3ccccc3C53C4CC5CC(C4)CC3C5)n2)cc1. The summed E-state index contributed by atoms with van der Waals surface area (Å²) in [5, 5.41) is 3.67. The van der Waals surface area contributed by atoms with Crippen molar-refractivity contribution < 1.29 is 0 Å². The summed E-state index contributed by atoms with van der Waals surface area (Å²) in [5.74, 6) is 5.39. The summed E-state index contributed by atoms with van der Waals surface area (Å²) >= 11 is 0. The molecular formula is C50H38N4. The first-order valence-corrected chi connectivity index (χ1v) is 19.6. The Labute approximate surface area is 315 Å². The van der Waals surface area contributed by atoms with E-state index in [1.165, 1.54) is 54.0 Å². The van der Waals surface area contributed by atoms with Gasteiger partial charge in [0.25, 0.3) is 0 Å². The molecule has 4 bridgehead atoms. The van der Waals surface area contributed by atoms with Gasteiger partial charge in [-0.3, -0.25) is 4.98 Å². The highest BCUT2D eigenvalue weighted by Gasteiger charge is 2.61. The third-order valence-electron chi connectivity index (χ3n) is 13.5. The van der Waals surface area contributed by atoms with Gasteiger partial charge in [0, 0.05) is 39.3 Å². The van der Waals surface area contributed by atoms with Crippen molar-refractivity contribution >= 4 is 21.7 Å². The number of hydrogen-bond donors (Lipinski definition) is 0. The maximum atomic E-state index is 5.15. The average molecular weight is 695 g/mol. The van der Waals surface area contributed by atoms with Crippen LogP contribution in [0.3, 0.4) is 0 Å². The second-order valence-corrected chi connectivity index (χ2v) is 16.3. The molecule has 1 spiro atoms. The molecule has 4 saturated carbocycles. The predicted molar refractivity (Wildman–Crippen MR) is 218 cm³/mol. The fraction of sp³-hybridized carbons (Fsp3) is 0.200. The topological polar surface area (TPSA) is 51.6 Å². The van der Waals surface area contributed by atoms with Gasteiger partial charge >= 0.3 is 0 Å². The van der Waals surface area contributed by atoms with Crippen molar-refractivity contribution in [3.8, 4) is 56.4 Å². The quantitative estimate of drug-likeness (QED) is 0.184. The van der Waals surface area contributed by atoms with Crippen LogP contribution in [-0.4, -0.2) is 19.9 Å². The third-order valence-corrected chi connectivity index (χ3v) is 13.5. The van der Waals surface area contributed by atoms with Gasteiger partial charge in [0.1, 0.15) is 0 Å². The number of para-hydroxylation sites is 1. The minimum atomic E-state index is 0.166. The number of nitrogens with zero attached hydrogens (tertiary/aromatic N) is 4. The van der Waals surface area contributed by atoms with Crippen molar-refractivity contribution in [2.75, 3.05) is 0 Å². The summed E-state index contributed by atoms with van der Waals surface area (Å²) in [6, 6.07) is 50.4. The summed E-state index contributed by atoms with van der Waals surface area (Å²) in [5.41, 5.74) is 12.4. The van der Waals surface area contributed by atoms with Crippen molar-refractivity contribution in [2.24, 2.45) is 23.7 Å². The molecule has 0 amide bonds. The number of hydrogen-bond acceptors (Lipinski definition) is 4. The average Bonchev–Trinajstić information content (AvgIpc) is 3.51. The number of fused-ring (bicyclic) bond motifs is 5. The standard InChI is InChI=1S/C50H38N4/c1-2-8-34(9-3-1)47-52-48(35-17-15-32(16-18-35)41-13-6-10-33-11-7-21-51-46(33)41)54-49(53-47)37-20-19-36-29-45-43(28-38(36)27-37)42-12-4-5-14-44(42)50(45)39-23-30-22-31(25-39)26-40(50)24-30/h1-21,27-31,39-40H,22-26H2. The Balaban J connectivity index is 0.976. The summed E-state index contributed by atoms with van der Waals surface area (Å²) in [6.07, 6.45) is 8.91. The summed E-state index contributed by atoms with van der Waals surface area (Å²) in [4.78, 5) is 20.0. The molecule has 4 fully saturated rings. The van der Waals surface area contributed by atoms with Crippen LogP contribution in [0.2, 0.25) is 0 Å². The van der Waals surface area contributed by atoms with Gasteiger partial charge < -0.3 is 0 Å². The first-order valence-electron chi connectivity index (χ1n) is 19.6. The number of benzene rings is 6. The van der Waals surface area contributed by atoms with Gasteiger partial charge in [-0.15, -0.1) is 0 Å². The highest BCUT2D eigenvalue weighted by Crippen LogP contribution is 2.69. The molecule has 5 aliphatic carbocycles. The van der Waals surface area contributed by atoms with Crippen molar-refractivity contribution in [3.05, 3.63) is 157 Å². The van der Waals surface area contributed by atoms with Crippen LogP contribution < -0.4 is 0 Å². The van der Waals surface area contributed by atoms with Gasteiger partial charge in [-0.2, -0.15) is 0 Å². The summed E-state index contributed by atoms with van der Waals surface area (Å²) in [6.45, 7) is 0. The van der Waals surface area contributed by atoms with E-state index in [-0.39, 0.29) is 5.41 Å². The summed E-state index contributed by atoms with van der Waals surface area (Å²) < 4.78 is 0. The molecule has 2 aromatic heterocycles. The van der Waals surface area contributed by atoms with Crippen LogP contribution in [0.15, 0.2) is 146 Å². The van der Waals surface area contributed by atoms with Gasteiger partial charge in [0.15, 0.2) is 17.5 Å². The third kappa shape index (κ3) is 4.43. The lowest BCUT2D eigenvalue weighted by molar-refractivity contribution is -0.0399. The second kappa shape index (κ2) is 11.5. The molecule has 0 saturated heterocycles. The maximum absolute atomic E-state index is 5.15. The monoisotopic (exact) mass is 694 g/mol. The minimum Gasteiger partial charge on any atom is -0.256 e. The molecular weight excluding hydrogens is 657 g/mol. The zero-order chi connectivity index (χ0) is 35.4. The molecule has 258 valence electrons. The molecule has 0 unspecified atom stereocenters. The van der Waals surface area contributed by atoms with Crippen LogP contribution in [0.5, 0.6) is 0 Å². The molecule has 0 radical (unpaired) electrons. The number of rotatable bonds is 4. The van der Waals surface area contributed by atoms with Gasteiger partial charge in [-0.1, -0.05) is 115 Å². The van der Waals surface area contributed by atoms with Crippen LogP contribution in [0, 0.1) is 23.7 Å². The highest BCUT2D eigenvalue weighted by molar-refractivity contribution is 5.96. The molecule has 8 aromatic rings. The lowest BCUT2D eigenvalue weighted by Gasteiger charge is -2.61. The van der Waals surface area contributed by atoms with E-state index in [2.05, 4.69) is 120 Å². The fourth-order valence-corrected chi connectivity index (χ4v) is 11.5. The van der Waals surface area contributed by atoms with E-state index in [1.807, 2.05) is 30.5 Å². The van der Waals surface area contributed by atoms with Gasteiger partial charge in [0.05, 0.1) is 5.52 Å². The zero-order valence-corrected chi connectivity index (χ0v) is 30.0. The van der Waals surface area contributed by atoms with E-state index in [9.17, 15) is 0 Å². The van der Waals surface area contributed by atoms with Crippen molar-refractivity contribution in [1.82, 2.24) is 19.9 Å². The maximum Gasteiger partial charge on any atom is 0.164 e. The Morgan fingerprint density at radius 1 is 0.407 bits per heavy atom. The van der Waals surface area contributed by atoms with Crippen molar-refractivity contribution in [2.45, 2.75) is 37.5 Å². The normalized spacial score (nSPS) is 23.3. The highest BCUT2D eigenvalue weighted by atomic mass is 15.0.